The molecule has 4 aromatic rings. The molecule has 196 valence electrons. The number of rotatable bonds is 6. The fourth-order valence-electron chi connectivity index (χ4n) is 5.22. The molecule has 1 aliphatic rings. The Morgan fingerprint density at radius 2 is 0.789 bits per heavy atom. The quantitative estimate of drug-likeness (QED) is 0.309. The van der Waals surface area contributed by atoms with E-state index in [0.717, 1.165) is 11.4 Å². The summed E-state index contributed by atoms with van der Waals surface area (Å²) in [6, 6.07) is 24.2. The summed E-state index contributed by atoms with van der Waals surface area (Å²) >= 11 is 0. The lowest BCUT2D eigenvalue weighted by atomic mass is 9.62. The van der Waals surface area contributed by atoms with Crippen molar-refractivity contribution in [2.45, 2.75) is 24.0 Å². The molecule has 5 rings (SSSR count). The molecule has 0 radical (unpaired) electrons. The second kappa shape index (κ2) is 9.81. The minimum atomic E-state index is -1.60. The van der Waals surface area contributed by atoms with Gasteiger partial charge in [0, 0.05) is 72.2 Å². The molecule has 8 heteroatoms. The Kier molecular flexibility index (Phi) is 6.52. The summed E-state index contributed by atoms with van der Waals surface area (Å²) in [5.41, 5.74) is 2.35. The number of anilines is 4. The van der Waals surface area contributed by atoms with Gasteiger partial charge in [-0.15, -0.1) is 12.2 Å². The fraction of sp³-hybridized carbons (Fsp3) is 0.200. The summed E-state index contributed by atoms with van der Waals surface area (Å²) in [5.74, 6) is -3.94. The van der Waals surface area contributed by atoms with E-state index in [-0.39, 0.29) is 34.1 Å². The van der Waals surface area contributed by atoms with Crippen LogP contribution >= 0.6 is 0 Å². The minimum Gasteiger partial charge on any atom is -0.851 e. The van der Waals surface area contributed by atoms with E-state index < -0.39 is 24.0 Å². The van der Waals surface area contributed by atoms with Crippen LogP contribution in [0.3, 0.4) is 0 Å². The van der Waals surface area contributed by atoms with Crippen LogP contribution in [-0.4, -0.2) is 46.7 Å². The van der Waals surface area contributed by atoms with Gasteiger partial charge in [0.15, 0.2) is 0 Å². The zero-order valence-corrected chi connectivity index (χ0v) is 20.9. The Morgan fingerprint density at radius 1 is 0.500 bits per heavy atom. The van der Waals surface area contributed by atoms with Gasteiger partial charge >= 0.3 is 0 Å². The van der Waals surface area contributed by atoms with Gasteiger partial charge in [-0.2, -0.15) is 0 Å². The van der Waals surface area contributed by atoms with E-state index >= 15 is 0 Å². The number of hydrogen-bond acceptors (Lipinski definition) is 8. The van der Waals surface area contributed by atoms with Gasteiger partial charge in [0.2, 0.25) is 0 Å². The predicted octanol–water partition coefficient (Wildman–Crippen LogP) is 3.38. The van der Waals surface area contributed by atoms with Crippen molar-refractivity contribution in [3.63, 3.8) is 0 Å². The van der Waals surface area contributed by atoms with E-state index in [1.807, 2.05) is 60.7 Å². The van der Waals surface area contributed by atoms with Gasteiger partial charge in [-0.05, 0) is 36.1 Å². The lowest BCUT2D eigenvalue weighted by molar-refractivity contribution is -0.536. The monoisotopic (exact) mass is 512 g/mol. The van der Waals surface area contributed by atoms with Crippen LogP contribution in [0.1, 0.15) is 23.0 Å². The Balaban J connectivity index is 1.41. The molecule has 1 fully saturated rings. The van der Waals surface area contributed by atoms with E-state index in [2.05, 4.69) is 0 Å². The van der Waals surface area contributed by atoms with Crippen molar-refractivity contribution in [2.24, 2.45) is 0 Å². The molecule has 0 heterocycles. The Morgan fingerprint density at radius 3 is 1.08 bits per heavy atom. The van der Waals surface area contributed by atoms with Crippen molar-refractivity contribution in [3.05, 3.63) is 96.1 Å². The standard InChI is InChI=1S/C30H28N2O6/c1-31(17-9-5-3-6-10-17)19-13-21(33)25(22(34)14-19)27-29(37)28(30(27)38)26-23(35)15-20(16-24(26)36)32(2)18-11-7-4-8-12-18/h3-16,27-30,33-36H,1-2H3/q-2. The molecule has 38 heavy (non-hydrogen) atoms. The SMILES string of the molecule is CN(c1ccccc1)c1cc(O)c(C2C([O-])C(c3c(O)cc(N(C)c4ccccc4)cc3O)C2[O-])c(O)c1. The molecular weight excluding hydrogens is 484 g/mol. The normalized spacial score (nSPS) is 20.5. The molecule has 0 atom stereocenters. The minimum absolute atomic E-state index is 0.120. The summed E-state index contributed by atoms with van der Waals surface area (Å²) < 4.78 is 0. The smallest absolute Gasteiger partial charge is 0.124 e. The zero-order valence-electron chi connectivity index (χ0n) is 20.9. The van der Waals surface area contributed by atoms with Crippen LogP contribution in [0.25, 0.3) is 0 Å². The van der Waals surface area contributed by atoms with Gasteiger partial charge in [0.1, 0.15) is 23.0 Å². The van der Waals surface area contributed by atoms with E-state index in [1.165, 1.54) is 24.3 Å². The molecule has 0 saturated heterocycles. The van der Waals surface area contributed by atoms with Crippen LogP contribution in [0.15, 0.2) is 84.9 Å². The van der Waals surface area contributed by atoms with E-state index in [1.54, 1.807) is 23.9 Å². The molecule has 4 N–H and O–H groups in total. The highest BCUT2D eigenvalue weighted by atomic mass is 16.3. The summed E-state index contributed by atoms with van der Waals surface area (Å²) in [5, 5.41) is 69.5. The van der Waals surface area contributed by atoms with Crippen molar-refractivity contribution in [2.75, 3.05) is 23.9 Å². The molecule has 0 spiro atoms. The molecule has 4 aromatic carbocycles. The zero-order chi connectivity index (χ0) is 27.1. The molecule has 1 aliphatic carbocycles. The second-order valence-electron chi connectivity index (χ2n) is 9.57. The van der Waals surface area contributed by atoms with Crippen LogP contribution < -0.4 is 20.0 Å². The first kappa shape index (κ1) is 25.3. The van der Waals surface area contributed by atoms with Gasteiger partial charge in [-0.25, -0.2) is 0 Å². The van der Waals surface area contributed by atoms with Crippen molar-refractivity contribution in [3.8, 4) is 23.0 Å². The van der Waals surface area contributed by atoms with Gasteiger partial charge in [-0.3, -0.25) is 0 Å². The molecule has 0 aromatic heterocycles. The number of para-hydroxylation sites is 2. The third-order valence-electron chi connectivity index (χ3n) is 7.39. The number of phenolic OH excluding ortho intramolecular Hbond substituents is 4. The maximum Gasteiger partial charge on any atom is 0.124 e. The molecular formula is C30H28N2O6-2. The first-order valence-corrected chi connectivity index (χ1v) is 12.2. The number of aromatic hydroxyl groups is 4. The Hall–Kier alpha value is -4.40. The molecule has 0 bridgehead atoms. The number of nitrogens with zero attached hydrogens (tertiary/aromatic N) is 2. The van der Waals surface area contributed by atoms with Crippen molar-refractivity contribution < 1.29 is 30.6 Å². The van der Waals surface area contributed by atoms with Crippen molar-refractivity contribution in [1.29, 1.82) is 0 Å². The van der Waals surface area contributed by atoms with E-state index in [0.29, 0.717) is 11.4 Å². The largest absolute Gasteiger partial charge is 0.851 e. The van der Waals surface area contributed by atoms with Crippen LogP contribution in [0, 0.1) is 0 Å². The third kappa shape index (κ3) is 4.23. The number of phenols is 4. The summed E-state index contributed by atoms with van der Waals surface area (Å²) in [4.78, 5) is 3.50. The topological polar surface area (TPSA) is 134 Å². The van der Waals surface area contributed by atoms with E-state index in [4.69, 9.17) is 0 Å². The summed E-state index contributed by atoms with van der Waals surface area (Å²) in [6.45, 7) is 0. The summed E-state index contributed by atoms with van der Waals surface area (Å²) in [6.07, 6.45) is -3.19. The second-order valence-corrected chi connectivity index (χ2v) is 9.57. The number of hydrogen-bond donors (Lipinski definition) is 4. The maximum atomic E-state index is 13.3. The predicted molar refractivity (Wildman–Crippen MR) is 142 cm³/mol. The van der Waals surface area contributed by atoms with Crippen molar-refractivity contribution >= 4 is 22.7 Å². The molecule has 0 amide bonds. The lowest BCUT2D eigenvalue weighted by Gasteiger charge is -2.61. The molecule has 1 saturated carbocycles. The van der Waals surface area contributed by atoms with Gasteiger partial charge < -0.3 is 40.4 Å². The number of benzene rings is 4. The van der Waals surface area contributed by atoms with Crippen LogP contribution in [-0.2, 0) is 0 Å². The van der Waals surface area contributed by atoms with Crippen LogP contribution in [0.5, 0.6) is 23.0 Å². The fourth-order valence-corrected chi connectivity index (χ4v) is 5.22. The van der Waals surface area contributed by atoms with Crippen molar-refractivity contribution in [1.82, 2.24) is 0 Å². The highest BCUT2D eigenvalue weighted by molar-refractivity contribution is 5.70. The first-order chi connectivity index (χ1) is 18.2. The third-order valence-corrected chi connectivity index (χ3v) is 7.39. The Labute approximate surface area is 220 Å². The highest BCUT2D eigenvalue weighted by Crippen LogP contribution is 2.55. The van der Waals surface area contributed by atoms with E-state index in [9.17, 15) is 30.6 Å². The van der Waals surface area contributed by atoms with Gasteiger partial charge in [-0.1, -0.05) is 36.4 Å². The highest BCUT2D eigenvalue weighted by Gasteiger charge is 2.43. The molecule has 8 nitrogen and oxygen atoms in total. The maximum absolute atomic E-state index is 13.3. The molecule has 0 aliphatic heterocycles. The average molecular weight is 513 g/mol. The van der Waals surface area contributed by atoms with Gasteiger partial charge in [0.05, 0.1) is 0 Å². The summed E-state index contributed by atoms with van der Waals surface area (Å²) in [7, 11) is 3.53. The molecule has 0 unspecified atom stereocenters. The Bertz CT molecular complexity index is 1280. The van der Waals surface area contributed by atoms with Crippen LogP contribution in [0.2, 0.25) is 0 Å². The average Bonchev–Trinajstić information content (AvgIpc) is 2.92. The van der Waals surface area contributed by atoms with Crippen LogP contribution in [0.4, 0.5) is 22.7 Å². The first-order valence-electron chi connectivity index (χ1n) is 12.2. The van der Waals surface area contributed by atoms with Gasteiger partial charge in [0.25, 0.3) is 0 Å². The lowest BCUT2D eigenvalue weighted by Crippen LogP contribution is -2.63.